The molecule has 0 aliphatic carbocycles. The molecule has 0 spiro atoms. The van der Waals surface area contributed by atoms with Gasteiger partial charge in [0.15, 0.2) is 0 Å². The van der Waals surface area contributed by atoms with Crippen molar-refractivity contribution in [2.24, 2.45) is 5.73 Å². The van der Waals surface area contributed by atoms with Crippen LogP contribution >= 0.6 is 0 Å². The SMILES string of the molecule is NC(=O)C1CCCCN1c1cc2nc[nH]c(=O)c2cc1N. The van der Waals surface area contributed by atoms with Gasteiger partial charge >= 0.3 is 0 Å². The number of nitrogens with zero attached hydrogens (tertiary/aromatic N) is 2. The quantitative estimate of drug-likeness (QED) is 0.689. The van der Waals surface area contributed by atoms with E-state index in [0.717, 1.165) is 19.3 Å². The Bertz CT molecular complexity index is 755. The van der Waals surface area contributed by atoms with Gasteiger partial charge in [-0.25, -0.2) is 4.98 Å². The number of hydrogen-bond acceptors (Lipinski definition) is 5. The van der Waals surface area contributed by atoms with Crippen LogP contribution in [0.2, 0.25) is 0 Å². The highest BCUT2D eigenvalue weighted by molar-refractivity contribution is 5.91. The van der Waals surface area contributed by atoms with Crippen LogP contribution in [0.25, 0.3) is 10.9 Å². The van der Waals surface area contributed by atoms with Gasteiger partial charge in [-0.2, -0.15) is 0 Å². The van der Waals surface area contributed by atoms with Gasteiger partial charge in [0, 0.05) is 6.54 Å². The van der Waals surface area contributed by atoms with Crippen molar-refractivity contribution < 1.29 is 4.79 Å². The van der Waals surface area contributed by atoms with E-state index >= 15 is 0 Å². The number of hydrogen-bond donors (Lipinski definition) is 3. The first kappa shape index (κ1) is 13.4. The number of aromatic nitrogens is 2. The molecule has 1 aliphatic heterocycles. The second-order valence-electron chi connectivity index (χ2n) is 5.27. The molecule has 0 radical (unpaired) electrons. The summed E-state index contributed by atoms with van der Waals surface area (Å²) in [5.74, 6) is -0.354. The van der Waals surface area contributed by atoms with Crippen LogP contribution in [0.4, 0.5) is 11.4 Å². The Labute approximate surface area is 120 Å². The van der Waals surface area contributed by atoms with E-state index in [1.54, 1.807) is 12.1 Å². The lowest BCUT2D eigenvalue weighted by molar-refractivity contribution is -0.119. The molecule has 1 aliphatic rings. The minimum absolute atomic E-state index is 0.233. The predicted molar refractivity (Wildman–Crippen MR) is 81.0 cm³/mol. The van der Waals surface area contributed by atoms with Crippen molar-refractivity contribution >= 4 is 28.2 Å². The van der Waals surface area contributed by atoms with Gasteiger partial charge in [-0.05, 0) is 31.4 Å². The Hall–Kier alpha value is -2.57. The summed E-state index contributed by atoms with van der Waals surface area (Å²) in [7, 11) is 0. The smallest absolute Gasteiger partial charge is 0.258 e. The highest BCUT2D eigenvalue weighted by Crippen LogP contribution is 2.31. The largest absolute Gasteiger partial charge is 0.397 e. The fourth-order valence-electron chi connectivity index (χ4n) is 2.89. The van der Waals surface area contributed by atoms with Crippen LogP contribution < -0.4 is 21.9 Å². The maximum atomic E-state index is 11.8. The Morgan fingerprint density at radius 2 is 2.19 bits per heavy atom. The molecule has 7 heteroatoms. The number of fused-ring (bicyclic) bond motifs is 1. The van der Waals surface area contributed by atoms with Gasteiger partial charge in [-0.1, -0.05) is 0 Å². The predicted octanol–water partition coefficient (Wildman–Crippen LogP) is 0.349. The third kappa shape index (κ3) is 2.31. The second-order valence-corrected chi connectivity index (χ2v) is 5.27. The highest BCUT2D eigenvalue weighted by Gasteiger charge is 2.28. The number of aromatic amines is 1. The summed E-state index contributed by atoms with van der Waals surface area (Å²) < 4.78 is 0. The average molecular weight is 287 g/mol. The monoisotopic (exact) mass is 287 g/mol. The van der Waals surface area contributed by atoms with E-state index in [2.05, 4.69) is 9.97 Å². The molecule has 2 heterocycles. The highest BCUT2D eigenvalue weighted by atomic mass is 16.1. The molecule has 1 amide bonds. The van der Waals surface area contributed by atoms with E-state index in [4.69, 9.17) is 11.5 Å². The average Bonchev–Trinajstić information content (AvgIpc) is 2.48. The number of amides is 1. The van der Waals surface area contributed by atoms with Crippen LogP contribution in [0, 0.1) is 0 Å². The number of anilines is 2. The molecule has 1 fully saturated rings. The minimum Gasteiger partial charge on any atom is -0.397 e. The molecule has 1 aromatic heterocycles. The molecule has 7 nitrogen and oxygen atoms in total. The molecule has 110 valence electrons. The fourth-order valence-corrected chi connectivity index (χ4v) is 2.89. The summed E-state index contributed by atoms with van der Waals surface area (Å²) in [6.45, 7) is 0.715. The molecule has 1 saturated heterocycles. The van der Waals surface area contributed by atoms with Gasteiger partial charge in [-0.3, -0.25) is 9.59 Å². The van der Waals surface area contributed by atoms with Crippen molar-refractivity contribution in [2.75, 3.05) is 17.2 Å². The lowest BCUT2D eigenvalue weighted by Crippen LogP contribution is -2.48. The molecule has 1 aromatic carbocycles. The van der Waals surface area contributed by atoms with E-state index in [9.17, 15) is 9.59 Å². The number of nitrogens with two attached hydrogens (primary N) is 2. The molecule has 5 N–H and O–H groups in total. The van der Waals surface area contributed by atoms with Crippen molar-refractivity contribution in [1.82, 2.24) is 9.97 Å². The van der Waals surface area contributed by atoms with E-state index in [1.165, 1.54) is 6.33 Å². The first-order chi connectivity index (χ1) is 10.1. The molecule has 2 aromatic rings. The minimum atomic E-state index is -0.361. The van der Waals surface area contributed by atoms with E-state index in [0.29, 0.717) is 28.8 Å². The van der Waals surface area contributed by atoms with E-state index in [-0.39, 0.29) is 17.5 Å². The number of rotatable bonds is 2. The van der Waals surface area contributed by atoms with Crippen molar-refractivity contribution in [1.29, 1.82) is 0 Å². The summed E-state index contributed by atoms with van der Waals surface area (Å²) in [5, 5.41) is 0.436. The van der Waals surface area contributed by atoms with Crippen LogP contribution in [-0.2, 0) is 4.79 Å². The second kappa shape index (κ2) is 5.08. The number of benzene rings is 1. The lowest BCUT2D eigenvalue weighted by atomic mass is 10.00. The third-order valence-electron chi connectivity index (χ3n) is 3.93. The normalized spacial score (nSPS) is 18.9. The van der Waals surface area contributed by atoms with Crippen molar-refractivity contribution in [3.8, 4) is 0 Å². The van der Waals surface area contributed by atoms with E-state index in [1.807, 2.05) is 4.90 Å². The molecule has 1 unspecified atom stereocenters. The Kier molecular flexibility index (Phi) is 3.25. The number of H-pyrrole nitrogens is 1. The van der Waals surface area contributed by atoms with E-state index < -0.39 is 0 Å². The van der Waals surface area contributed by atoms with Gasteiger partial charge < -0.3 is 21.4 Å². The molecule has 0 saturated carbocycles. The van der Waals surface area contributed by atoms with Gasteiger partial charge in [0.25, 0.3) is 5.56 Å². The molecule has 0 bridgehead atoms. The van der Waals surface area contributed by atoms with Gasteiger partial charge in [0.05, 0.1) is 28.6 Å². The molecular weight excluding hydrogens is 270 g/mol. The first-order valence-electron chi connectivity index (χ1n) is 6.91. The number of carbonyl (C=O) groups excluding carboxylic acids is 1. The summed E-state index contributed by atoms with van der Waals surface area (Å²) >= 11 is 0. The number of primary amides is 1. The van der Waals surface area contributed by atoms with Crippen LogP contribution in [0.5, 0.6) is 0 Å². The fraction of sp³-hybridized carbons (Fsp3) is 0.357. The Morgan fingerprint density at radius 3 is 2.95 bits per heavy atom. The van der Waals surface area contributed by atoms with Crippen LogP contribution in [-0.4, -0.2) is 28.5 Å². The number of nitrogens with one attached hydrogen (secondary N) is 1. The number of carbonyl (C=O) groups is 1. The zero-order valence-corrected chi connectivity index (χ0v) is 11.5. The topological polar surface area (TPSA) is 118 Å². The Balaban J connectivity index is 2.13. The zero-order valence-electron chi connectivity index (χ0n) is 11.5. The lowest BCUT2D eigenvalue weighted by Gasteiger charge is -2.36. The van der Waals surface area contributed by atoms with Gasteiger partial charge in [-0.15, -0.1) is 0 Å². The maximum Gasteiger partial charge on any atom is 0.258 e. The molecule has 1 atom stereocenters. The van der Waals surface area contributed by atoms with Crippen molar-refractivity contribution in [2.45, 2.75) is 25.3 Å². The molecule has 3 rings (SSSR count). The summed E-state index contributed by atoms with van der Waals surface area (Å²) in [5.41, 5.74) is 13.0. The maximum absolute atomic E-state index is 11.8. The third-order valence-corrected chi connectivity index (χ3v) is 3.93. The van der Waals surface area contributed by atoms with Crippen molar-refractivity contribution in [3.63, 3.8) is 0 Å². The van der Waals surface area contributed by atoms with Gasteiger partial charge in [0.1, 0.15) is 6.04 Å². The molecular formula is C14H17N5O2. The molecule has 21 heavy (non-hydrogen) atoms. The Morgan fingerprint density at radius 1 is 1.38 bits per heavy atom. The van der Waals surface area contributed by atoms with Crippen LogP contribution in [0.1, 0.15) is 19.3 Å². The summed E-state index contributed by atoms with van der Waals surface area (Å²) in [4.78, 5) is 32.0. The van der Waals surface area contributed by atoms with Crippen molar-refractivity contribution in [3.05, 3.63) is 28.8 Å². The zero-order chi connectivity index (χ0) is 15.0. The van der Waals surface area contributed by atoms with Crippen LogP contribution in [0.3, 0.4) is 0 Å². The summed E-state index contributed by atoms with van der Waals surface area (Å²) in [6.07, 6.45) is 4.02. The van der Waals surface area contributed by atoms with Gasteiger partial charge in [0.2, 0.25) is 5.91 Å². The number of nitrogen functional groups attached to an aromatic ring is 1. The van der Waals surface area contributed by atoms with Crippen LogP contribution in [0.15, 0.2) is 23.3 Å². The number of piperidine rings is 1. The first-order valence-corrected chi connectivity index (χ1v) is 6.91. The summed E-state index contributed by atoms with van der Waals surface area (Å²) in [6, 6.07) is 2.99. The standard InChI is InChI=1S/C14H17N5O2/c15-9-5-8-10(17-7-18-14(8)21)6-12(9)19-4-2-1-3-11(19)13(16)20/h5-7,11H,1-4,15H2,(H2,16,20)(H,17,18,21).